The lowest BCUT2D eigenvalue weighted by molar-refractivity contribution is 0.283. The van der Waals surface area contributed by atoms with Gasteiger partial charge < -0.3 is 4.74 Å². The van der Waals surface area contributed by atoms with E-state index in [1.165, 1.54) is 0 Å². The fraction of sp³-hybridized carbons (Fsp3) is 0.350. The molecule has 4 nitrogen and oxygen atoms in total. The molecule has 0 unspecified atom stereocenters. The molecular formula is C20H25NO3S. The number of aryl methyl sites for hydroxylation is 1. The van der Waals surface area contributed by atoms with Crippen LogP contribution in [0, 0.1) is 6.92 Å². The lowest BCUT2D eigenvalue weighted by Crippen LogP contribution is -2.09. The molecule has 0 radical (unpaired) electrons. The number of ether oxygens (including phenoxy) is 1. The summed E-state index contributed by atoms with van der Waals surface area (Å²) in [6, 6.07) is 16.4. The van der Waals surface area contributed by atoms with Gasteiger partial charge in [0.1, 0.15) is 6.61 Å². The number of hydrogen-bond donors (Lipinski definition) is 0. The molecule has 2 rings (SSSR count). The van der Waals surface area contributed by atoms with E-state index in [1.807, 2.05) is 37.3 Å². The van der Waals surface area contributed by atoms with Crippen molar-refractivity contribution in [2.75, 3.05) is 0 Å². The normalized spacial score (nSPS) is 12.2. The van der Waals surface area contributed by atoms with Crippen LogP contribution in [0.4, 0.5) is 0 Å². The minimum atomic E-state index is -3.75. The number of nitrogens with zero attached hydrogens (tertiary/aromatic N) is 1. The van der Waals surface area contributed by atoms with E-state index in [0.29, 0.717) is 13.0 Å². The van der Waals surface area contributed by atoms with Gasteiger partial charge in [0.05, 0.1) is 4.90 Å². The Hall–Kier alpha value is -2.14. The fourth-order valence-electron chi connectivity index (χ4n) is 2.31. The zero-order valence-corrected chi connectivity index (χ0v) is 15.6. The molecule has 0 atom stereocenters. The highest BCUT2D eigenvalue weighted by molar-refractivity contribution is 7.90. The first-order chi connectivity index (χ1) is 12.0. The van der Waals surface area contributed by atoms with Crippen molar-refractivity contribution in [1.29, 1.82) is 0 Å². The highest BCUT2D eigenvalue weighted by Crippen LogP contribution is 2.15. The Bertz CT molecular complexity index is 781. The van der Waals surface area contributed by atoms with Crippen LogP contribution in [0.5, 0.6) is 0 Å². The molecule has 0 N–H and O–H groups in total. The molecule has 0 saturated carbocycles. The summed E-state index contributed by atoms with van der Waals surface area (Å²) in [6.45, 7) is 4.33. The van der Waals surface area contributed by atoms with Crippen molar-refractivity contribution in [2.45, 2.75) is 51.0 Å². The number of sulfonamides is 1. The molecule has 25 heavy (non-hydrogen) atoms. The third-order valence-corrected chi connectivity index (χ3v) is 5.10. The second-order valence-electron chi connectivity index (χ2n) is 6.00. The first-order valence-electron chi connectivity index (χ1n) is 8.58. The predicted molar refractivity (Wildman–Crippen MR) is 101 cm³/mol. The Labute approximate surface area is 150 Å². The second kappa shape index (κ2) is 9.37. The lowest BCUT2D eigenvalue weighted by atomic mass is 10.2. The highest BCUT2D eigenvalue weighted by Gasteiger charge is 2.15. The minimum Gasteiger partial charge on any atom is -0.475 e. The quantitative estimate of drug-likeness (QED) is 0.383. The first-order valence-corrected chi connectivity index (χ1v) is 10.0. The Morgan fingerprint density at radius 2 is 1.68 bits per heavy atom. The third kappa shape index (κ3) is 6.35. The molecule has 134 valence electrons. The lowest BCUT2D eigenvalue weighted by Gasteiger charge is -2.10. The molecule has 2 aromatic rings. The molecule has 0 aromatic heterocycles. The van der Waals surface area contributed by atoms with Crippen molar-refractivity contribution < 1.29 is 13.2 Å². The molecule has 0 aliphatic heterocycles. The van der Waals surface area contributed by atoms with Crippen LogP contribution in [-0.2, 0) is 21.4 Å². The van der Waals surface area contributed by atoms with Gasteiger partial charge in [0.15, 0.2) is 0 Å². The van der Waals surface area contributed by atoms with E-state index < -0.39 is 10.0 Å². The summed E-state index contributed by atoms with van der Waals surface area (Å²) in [5.74, 6) is 0.276. The largest absolute Gasteiger partial charge is 0.475 e. The van der Waals surface area contributed by atoms with Crippen molar-refractivity contribution in [3.63, 3.8) is 0 Å². The second-order valence-corrected chi connectivity index (χ2v) is 7.61. The molecule has 0 aliphatic rings. The molecule has 5 heteroatoms. The van der Waals surface area contributed by atoms with Crippen LogP contribution < -0.4 is 0 Å². The fourth-order valence-corrected chi connectivity index (χ4v) is 3.31. The summed E-state index contributed by atoms with van der Waals surface area (Å²) in [5.41, 5.74) is 1.99. The molecule has 0 spiro atoms. The van der Waals surface area contributed by atoms with Gasteiger partial charge in [0, 0.05) is 6.42 Å². The van der Waals surface area contributed by atoms with Crippen molar-refractivity contribution in [3.8, 4) is 0 Å². The van der Waals surface area contributed by atoms with Crippen molar-refractivity contribution >= 4 is 15.9 Å². The van der Waals surface area contributed by atoms with E-state index in [-0.39, 0.29) is 10.8 Å². The number of hydrogen-bond acceptors (Lipinski definition) is 3. The summed E-state index contributed by atoms with van der Waals surface area (Å²) in [7, 11) is -3.75. The van der Waals surface area contributed by atoms with Crippen LogP contribution in [0.25, 0.3) is 0 Å². The molecule has 0 heterocycles. The zero-order valence-electron chi connectivity index (χ0n) is 14.8. The van der Waals surface area contributed by atoms with Crippen LogP contribution in [0.2, 0.25) is 0 Å². The van der Waals surface area contributed by atoms with Gasteiger partial charge in [-0.1, -0.05) is 67.8 Å². The van der Waals surface area contributed by atoms with Gasteiger partial charge in [-0.2, -0.15) is 8.42 Å². The van der Waals surface area contributed by atoms with Gasteiger partial charge in [0.2, 0.25) is 5.90 Å². The zero-order chi connectivity index (χ0) is 18.1. The molecule has 0 amide bonds. The maximum absolute atomic E-state index is 12.5. The molecule has 0 bridgehead atoms. The van der Waals surface area contributed by atoms with Crippen LogP contribution in [-0.4, -0.2) is 14.3 Å². The first kappa shape index (κ1) is 19.2. The Morgan fingerprint density at radius 1 is 1.00 bits per heavy atom. The van der Waals surface area contributed by atoms with Crippen molar-refractivity contribution in [1.82, 2.24) is 0 Å². The van der Waals surface area contributed by atoms with E-state index in [0.717, 1.165) is 30.4 Å². The molecular weight excluding hydrogens is 334 g/mol. The minimum absolute atomic E-state index is 0.189. The molecule has 0 aliphatic carbocycles. The molecule has 2 aromatic carbocycles. The van der Waals surface area contributed by atoms with Gasteiger partial charge in [-0.15, -0.1) is 4.40 Å². The monoisotopic (exact) mass is 359 g/mol. The molecule has 0 fully saturated rings. The number of rotatable bonds is 8. The van der Waals surface area contributed by atoms with Gasteiger partial charge in [-0.05, 0) is 31.0 Å². The van der Waals surface area contributed by atoms with Crippen LogP contribution in [0.1, 0.15) is 43.7 Å². The predicted octanol–water partition coefficient (Wildman–Crippen LogP) is 4.88. The summed E-state index contributed by atoms with van der Waals surface area (Å²) in [5, 5.41) is 0. The van der Waals surface area contributed by atoms with E-state index in [9.17, 15) is 8.42 Å². The Morgan fingerprint density at radius 3 is 2.32 bits per heavy atom. The van der Waals surface area contributed by atoms with Gasteiger partial charge in [-0.25, -0.2) is 0 Å². The van der Waals surface area contributed by atoms with Crippen LogP contribution >= 0.6 is 0 Å². The summed E-state index contributed by atoms with van der Waals surface area (Å²) >= 11 is 0. The summed E-state index contributed by atoms with van der Waals surface area (Å²) < 4.78 is 34.7. The van der Waals surface area contributed by atoms with E-state index in [1.54, 1.807) is 24.3 Å². The Kier molecular flexibility index (Phi) is 7.19. The number of benzene rings is 2. The summed E-state index contributed by atoms with van der Waals surface area (Å²) in [4.78, 5) is 0.189. The van der Waals surface area contributed by atoms with Crippen LogP contribution in [0.15, 0.2) is 63.9 Å². The SMILES string of the molecule is CCCCC/C(=N\S(=O)(=O)c1ccc(C)cc1)OCc1ccccc1. The Balaban J connectivity index is 2.17. The summed E-state index contributed by atoms with van der Waals surface area (Å²) in [6.07, 6.45) is 3.44. The maximum Gasteiger partial charge on any atom is 0.285 e. The third-order valence-electron chi connectivity index (χ3n) is 3.78. The van der Waals surface area contributed by atoms with Gasteiger partial charge in [-0.3, -0.25) is 0 Å². The maximum atomic E-state index is 12.5. The smallest absolute Gasteiger partial charge is 0.285 e. The average Bonchev–Trinajstić information content (AvgIpc) is 2.61. The van der Waals surface area contributed by atoms with Gasteiger partial charge >= 0.3 is 0 Å². The van der Waals surface area contributed by atoms with Crippen LogP contribution in [0.3, 0.4) is 0 Å². The van der Waals surface area contributed by atoms with E-state index >= 15 is 0 Å². The van der Waals surface area contributed by atoms with Crippen molar-refractivity contribution in [2.24, 2.45) is 4.40 Å². The van der Waals surface area contributed by atoms with E-state index in [4.69, 9.17) is 4.74 Å². The van der Waals surface area contributed by atoms with Gasteiger partial charge in [0.25, 0.3) is 10.0 Å². The highest BCUT2D eigenvalue weighted by atomic mass is 32.2. The average molecular weight is 359 g/mol. The number of unbranched alkanes of at least 4 members (excludes halogenated alkanes) is 2. The van der Waals surface area contributed by atoms with Crippen molar-refractivity contribution in [3.05, 3.63) is 65.7 Å². The standard InChI is InChI=1S/C20H25NO3S/c1-3-4-6-11-20(24-16-18-9-7-5-8-10-18)21-25(22,23)19-14-12-17(2)13-15-19/h5,7-10,12-15H,3-4,6,11,16H2,1-2H3/b21-20+. The topological polar surface area (TPSA) is 55.7 Å². The molecule has 0 saturated heterocycles. The van der Waals surface area contributed by atoms with E-state index in [2.05, 4.69) is 11.3 Å².